The average Bonchev–Trinajstić information content (AvgIpc) is 2.26. The van der Waals surface area contributed by atoms with Gasteiger partial charge >= 0.3 is 0 Å². The molecule has 0 aliphatic rings. The van der Waals surface area contributed by atoms with Crippen molar-refractivity contribution in [2.45, 2.75) is 13.0 Å². The predicted octanol–water partition coefficient (Wildman–Crippen LogP) is -0.573. The van der Waals surface area contributed by atoms with Crippen molar-refractivity contribution in [2.24, 2.45) is 17.5 Å². The normalized spacial score (nSPS) is 12.0. The van der Waals surface area contributed by atoms with Gasteiger partial charge < -0.3 is 20.5 Å². The molecular formula is C9H13N3O4. The minimum absolute atomic E-state index is 0.0530. The molecule has 0 saturated carbocycles. The van der Waals surface area contributed by atoms with Gasteiger partial charge in [0.05, 0.1) is 6.04 Å². The molecule has 7 heteroatoms. The number of hydrogen-bond donors (Lipinski definition) is 4. The van der Waals surface area contributed by atoms with Gasteiger partial charge in [-0.05, 0) is 6.92 Å². The zero-order valence-corrected chi connectivity index (χ0v) is 8.64. The molecule has 1 aromatic carbocycles. The second-order valence-corrected chi connectivity index (χ2v) is 3.20. The Balaban J connectivity index is 3.32. The third-order valence-electron chi connectivity index (χ3n) is 1.98. The Bertz CT molecular complexity index is 406. The summed E-state index contributed by atoms with van der Waals surface area (Å²) in [5, 5.41) is 9.61. The molecule has 1 rings (SSSR count). The molecule has 16 heavy (non-hydrogen) atoms. The second-order valence-electron chi connectivity index (χ2n) is 3.20. The van der Waals surface area contributed by atoms with Gasteiger partial charge in [-0.15, -0.1) is 0 Å². The maximum Gasteiger partial charge on any atom is 0.186 e. The Hall–Kier alpha value is -1.83. The summed E-state index contributed by atoms with van der Waals surface area (Å²) in [6.07, 6.45) is 0. The molecule has 1 atom stereocenters. The van der Waals surface area contributed by atoms with Crippen molar-refractivity contribution in [3.05, 3.63) is 17.7 Å². The molecule has 0 amide bonds. The van der Waals surface area contributed by atoms with Crippen LogP contribution in [0.4, 0.5) is 0 Å². The first kappa shape index (κ1) is 12.2. The molecule has 0 spiro atoms. The zero-order chi connectivity index (χ0) is 12.3. The molecule has 0 bridgehead atoms. The van der Waals surface area contributed by atoms with Gasteiger partial charge in [-0.1, -0.05) is 0 Å². The summed E-state index contributed by atoms with van der Waals surface area (Å²) in [7, 11) is 0. The lowest BCUT2D eigenvalue weighted by molar-refractivity contribution is 0.0961. The van der Waals surface area contributed by atoms with Crippen molar-refractivity contribution in [3.63, 3.8) is 0 Å². The summed E-state index contributed by atoms with van der Waals surface area (Å²) in [5.74, 6) is 9.09. The zero-order valence-electron chi connectivity index (χ0n) is 8.64. The van der Waals surface area contributed by atoms with Crippen molar-refractivity contribution in [3.8, 4) is 17.2 Å². The summed E-state index contributed by atoms with van der Waals surface area (Å²) in [4.78, 5) is 20.5. The van der Waals surface area contributed by atoms with E-state index in [-0.39, 0.29) is 22.8 Å². The molecule has 0 heterocycles. The summed E-state index contributed by atoms with van der Waals surface area (Å²) >= 11 is 0. The lowest BCUT2D eigenvalue weighted by Crippen LogP contribution is -2.27. The van der Waals surface area contributed by atoms with Crippen LogP contribution in [-0.4, -0.2) is 16.9 Å². The summed E-state index contributed by atoms with van der Waals surface area (Å²) < 4.78 is 0. The number of rotatable bonds is 4. The largest absolute Gasteiger partial charge is 0.507 e. The van der Waals surface area contributed by atoms with Crippen molar-refractivity contribution in [1.82, 2.24) is 0 Å². The van der Waals surface area contributed by atoms with Crippen LogP contribution in [0.25, 0.3) is 0 Å². The topological polar surface area (TPSA) is 134 Å². The van der Waals surface area contributed by atoms with Crippen molar-refractivity contribution >= 4 is 5.78 Å². The van der Waals surface area contributed by atoms with Gasteiger partial charge in [-0.3, -0.25) is 4.79 Å². The maximum atomic E-state index is 11.7. The number of phenolic OH excluding ortho intramolecular Hbond substituents is 1. The SMILES string of the molecule is CC(N)C(=O)c1c(O)cc(ON)cc1ON. The summed E-state index contributed by atoms with van der Waals surface area (Å²) in [5.41, 5.74) is 5.32. The van der Waals surface area contributed by atoms with Crippen LogP contribution in [-0.2, 0) is 0 Å². The van der Waals surface area contributed by atoms with Gasteiger partial charge in [0.2, 0.25) is 0 Å². The second kappa shape index (κ2) is 4.79. The van der Waals surface area contributed by atoms with E-state index >= 15 is 0 Å². The molecule has 0 aromatic heterocycles. The minimum Gasteiger partial charge on any atom is -0.507 e. The van der Waals surface area contributed by atoms with Gasteiger partial charge in [0, 0.05) is 12.1 Å². The third-order valence-corrected chi connectivity index (χ3v) is 1.98. The average molecular weight is 227 g/mol. The highest BCUT2D eigenvalue weighted by molar-refractivity contribution is 6.04. The van der Waals surface area contributed by atoms with Crippen LogP contribution in [0.3, 0.4) is 0 Å². The van der Waals surface area contributed by atoms with Gasteiger partial charge in [0.15, 0.2) is 17.3 Å². The molecule has 7 nitrogen and oxygen atoms in total. The van der Waals surface area contributed by atoms with Gasteiger partial charge in [-0.25, -0.2) is 0 Å². The quantitative estimate of drug-likeness (QED) is 0.399. The molecule has 0 aliphatic carbocycles. The number of carbonyl (C=O) groups excluding carboxylic acids is 1. The number of benzene rings is 1. The van der Waals surface area contributed by atoms with Crippen LogP contribution in [0, 0.1) is 0 Å². The van der Waals surface area contributed by atoms with Crippen LogP contribution in [0.15, 0.2) is 12.1 Å². The first-order chi connectivity index (χ1) is 7.51. The molecule has 1 unspecified atom stereocenters. The maximum absolute atomic E-state index is 11.7. The number of phenols is 1. The Morgan fingerprint density at radius 2 is 2.00 bits per heavy atom. The van der Waals surface area contributed by atoms with Gasteiger partial charge in [-0.2, -0.15) is 11.8 Å². The molecule has 7 N–H and O–H groups in total. The number of Topliss-reactive ketones (excluding diaryl/α,β-unsaturated/α-hetero) is 1. The molecule has 0 saturated heterocycles. The van der Waals surface area contributed by atoms with Crippen molar-refractivity contribution in [1.29, 1.82) is 0 Å². The monoisotopic (exact) mass is 227 g/mol. The van der Waals surface area contributed by atoms with Crippen molar-refractivity contribution in [2.75, 3.05) is 0 Å². The van der Waals surface area contributed by atoms with E-state index in [1.165, 1.54) is 13.0 Å². The highest BCUT2D eigenvalue weighted by Crippen LogP contribution is 2.33. The Morgan fingerprint density at radius 1 is 1.38 bits per heavy atom. The van der Waals surface area contributed by atoms with Crippen LogP contribution in [0.1, 0.15) is 17.3 Å². The van der Waals surface area contributed by atoms with Gasteiger partial charge in [0.1, 0.15) is 11.3 Å². The van der Waals surface area contributed by atoms with Crippen LogP contribution < -0.4 is 27.2 Å². The summed E-state index contributed by atoms with van der Waals surface area (Å²) in [6, 6.07) is 1.65. The number of hydrogen-bond acceptors (Lipinski definition) is 7. The van der Waals surface area contributed by atoms with E-state index in [2.05, 4.69) is 9.68 Å². The van der Waals surface area contributed by atoms with Crippen LogP contribution in [0.2, 0.25) is 0 Å². The van der Waals surface area contributed by atoms with E-state index in [4.69, 9.17) is 17.5 Å². The highest BCUT2D eigenvalue weighted by atomic mass is 16.6. The van der Waals surface area contributed by atoms with E-state index in [9.17, 15) is 9.90 Å². The number of ketones is 1. The standard InChI is InChI=1S/C9H13N3O4/c1-4(10)9(14)8-6(13)2-5(15-11)3-7(8)16-12/h2-4,13H,10-12H2,1H3. The van der Waals surface area contributed by atoms with E-state index < -0.39 is 11.8 Å². The Morgan fingerprint density at radius 3 is 2.44 bits per heavy atom. The molecule has 88 valence electrons. The molecular weight excluding hydrogens is 214 g/mol. The highest BCUT2D eigenvalue weighted by Gasteiger charge is 2.22. The Kier molecular flexibility index (Phi) is 3.67. The van der Waals surface area contributed by atoms with E-state index in [0.717, 1.165) is 6.07 Å². The lowest BCUT2D eigenvalue weighted by atomic mass is 10.0. The third kappa shape index (κ3) is 2.22. The predicted molar refractivity (Wildman–Crippen MR) is 55.7 cm³/mol. The number of aromatic hydroxyl groups is 1. The van der Waals surface area contributed by atoms with Gasteiger partial charge in [0.25, 0.3) is 0 Å². The van der Waals surface area contributed by atoms with Crippen molar-refractivity contribution < 1.29 is 19.6 Å². The fourth-order valence-electron chi connectivity index (χ4n) is 1.21. The Labute approximate surface area is 91.6 Å². The molecule has 1 aromatic rings. The van der Waals surface area contributed by atoms with E-state index in [0.29, 0.717) is 0 Å². The minimum atomic E-state index is -0.788. The van der Waals surface area contributed by atoms with E-state index in [1.807, 2.05) is 0 Å². The molecule has 0 radical (unpaired) electrons. The first-order valence-corrected chi connectivity index (χ1v) is 4.41. The fraction of sp³-hybridized carbons (Fsp3) is 0.222. The number of carbonyl (C=O) groups is 1. The summed E-state index contributed by atoms with van der Waals surface area (Å²) in [6.45, 7) is 1.48. The fourth-order valence-corrected chi connectivity index (χ4v) is 1.21. The van der Waals surface area contributed by atoms with E-state index in [1.54, 1.807) is 0 Å². The van der Waals surface area contributed by atoms with Crippen LogP contribution in [0.5, 0.6) is 17.2 Å². The lowest BCUT2D eigenvalue weighted by Gasteiger charge is -2.12. The molecule has 0 aliphatic heterocycles. The molecule has 0 fully saturated rings. The van der Waals surface area contributed by atoms with Crippen LogP contribution >= 0.6 is 0 Å². The first-order valence-electron chi connectivity index (χ1n) is 4.41. The number of nitrogens with two attached hydrogens (primary N) is 3. The smallest absolute Gasteiger partial charge is 0.186 e.